The van der Waals surface area contributed by atoms with Gasteiger partial charge in [-0.05, 0) is 41.8 Å². The van der Waals surface area contributed by atoms with Crippen LogP contribution in [0.2, 0.25) is 0 Å². The molecule has 0 saturated heterocycles. The number of fused-ring (bicyclic) bond motifs is 1. The number of aryl methyl sites for hydroxylation is 1. The second-order valence-corrected chi connectivity index (χ2v) is 7.36. The zero-order valence-corrected chi connectivity index (χ0v) is 13.1. The van der Waals surface area contributed by atoms with Crippen LogP contribution in [0, 0.1) is 17.0 Å². The number of phenolic OH excluding ortho intramolecular Hbond substituents is 1. The van der Waals surface area contributed by atoms with Gasteiger partial charge in [0.1, 0.15) is 5.75 Å². The maximum atomic E-state index is 12.8. The summed E-state index contributed by atoms with van der Waals surface area (Å²) in [5, 5.41) is 20.7. The largest absolute Gasteiger partial charge is 0.508 e. The maximum Gasteiger partial charge on any atom is 0.289 e. The van der Waals surface area contributed by atoms with Crippen molar-refractivity contribution in [1.82, 2.24) is 4.31 Å². The summed E-state index contributed by atoms with van der Waals surface area (Å²) in [5.41, 5.74) is 1.67. The number of sulfonamides is 1. The molecule has 1 aliphatic rings. The number of nitrogens with zero attached hydrogens (tertiary/aromatic N) is 2. The molecule has 0 bridgehead atoms. The van der Waals surface area contributed by atoms with Crippen molar-refractivity contribution in [3.63, 3.8) is 0 Å². The van der Waals surface area contributed by atoms with Gasteiger partial charge in [-0.1, -0.05) is 12.1 Å². The second-order valence-electron chi connectivity index (χ2n) is 5.45. The Labute approximate surface area is 133 Å². The van der Waals surface area contributed by atoms with Crippen LogP contribution in [0.4, 0.5) is 5.69 Å². The van der Waals surface area contributed by atoms with Crippen LogP contribution in [-0.2, 0) is 23.1 Å². The average molecular weight is 334 g/mol. The highest BCUT2D eigenvalue weighted by molar-refractivity contribution is 7.89. The van der Waals surface area contributed by atoms with Gasteiger partial charge in [0.15, 0.2) is 4.90 Å². The van der Waals surface area contributed by atoms with Crippen LogP contribution in [0.1, 0.15) is 16.7 Å². The fourth-order valence-electron chi connectivity index (χ4n) is 2.65. The molecule has 1 N–H and O–H groups in total. The van der Waals surface area contributed by atoms with Gasteiger partial charge in [-0.3, -0.25) is 10.1 Å². The van der Waals surface area contributed by atoms with Gasteiger partial charge in [0.25, 0.3) is 15.7 Å². The first-order valence-electron chi connectivity index (χ1n) is 6.85. The van der Waals surface area contributed by atoms with E-state index in [-0.39, 0.29) is 23.7 Å². The predicted octanol–water partition coefficient (Wildman–Crippen LogP) is 2.31. The van der Waals surface area contributed by atoms with Crippen LogP contribution in [0.25, 0.3) is 0 Å². The molecule has 1 heterocycles. The predicted molar refractivity (Wildman–Crippen MR) is 82.4 cm³/mol. The third kappa shape index (κ3) is 2.66. The molecule has 120 valence electrons. The van der Waals surface area contributed by atoms with Crippen molar-refractivity contribution in [3.8, 4) is 5.75 Å². The topological polar surface area (TPSA) is 101 Å². The molecule has 2 aromatic carbocycles. The minimum atomic E-state index is -4.00. The van der Waals surface area contributed by atoms with E-state index in [4.69, 9.17) is 0 Å². The number of nitro benzene ring substituents is 1. The van der Waals surface area contributed by atoms with Crippen molar-refractivity contribution in [3.05, 3.63) is 63.2 Å². The Balaban J connectivity index is 2.03. The molecule has 8 heteroatoms. The van der Waals surface area contributed by atoms with Gasteiger partial charge in [0.2, 0.25) is 0 Å². The van der Waals surface area contributed by atoms with Crippen LogP contribution in [0.15, 0.2) is 41.3 Å². The Morgan fingerprint density at radius 2 is 1.83 bits per heavy atom. The minimum absolute atomic E-state index is 0.0596. The van der Waals surface area contributed by atoms with Crippen molar-refractivity contribution >= 4 is 15.7 Å². The SMILES string of the molecule is Cc1ccc(S(=O)(=O)N2Cc3ccc(O)cc3C2)c([N+](=O)[O-])c1. The molecule has 0 fully saturated rings. The maximum absolute atomic E-state index is 12.8. The third-order valence-corrected chi connectivity index (χ3v) is 5.65. The van der Waals surface area contributed by atoms with Crippen molar-refractivity contribution < 1.29 is 18.4 Å². The van der Waals surface area contributed by atoms with Gasteiger partial charge >= 0.3 is 0 Å². The summed E-state index contributed by atoms with van der Waals surface area (Å²) in [5.74, 6) is 0.0596. The number of nitro groups is 1. The first-order chi connectivity index (χ1) is 10.8. The van der Waals surface area contributed by atoms with Crippen molar-refractivity contribution in [2.45, 2.75) is 24.9 Å². The lowest BCUT2D eigenvalue weighted by Gasteiger charge is -2.15. The molecule has 0 amide bonds. The molecular formula is C15H14N2O5S. The van der Waals surface area contributed by atoms with E-state index >= 15 is 0 Å². The van der Waals surface area contributed by atoms with Crippen molar-refractivity contribution in [1.29, 1.82) is 0 Å². The van der Waals surface area contributed by atoms with Crippen LogP contribution in [-0.4, -0.2) is 22.8 Å². The summed E-state index contributed by atoms with van der Waals surface area (Å²) in [6, 6.07) is 8.71. The first kappa shape index (κ1) is 15.4. The van der Waals surface area contributed by atoms with E-state index in [9.17, 15) is 23.6 Å². The summed E-state index contributed by atoms with van der Waals surface area (Å²) >= 11 is 0. The van der Waals surface area contributed by atoms with Crippen LogP contribution >= 0.6 is 0 Å². The molecule has 0 radical (unpaired) electrons. The number of rotatable bonds is 3. The molecular weight excluding hydrogens is 320 g/mol. The normalized spacial score (nSPS) is 14.7. The van der Waals surface area contributed by atoms with E-state index in [1.54, 1.807) is 13.0 Å². The molecule has 1 aliphatic heterocycles. The van der Waals surface area contributed by atoms with Gasteiger partial charge < -0.3 is 5.11 Å². The summed E-state index contributed by atoms with van der Waals surface area (Å²) in [7, 11) is -4.00. The molecule has 2 aromatic rings. The fourth-order valence-corrected chi connectivity index (χ4v) is 4.18. The molecule has 3 rings (SSSR count). The number of hydrogen-bond acceptors (Lipinski definition) is 5. The average Bonchev–Trinajstić information content (AvgIpc) is 2.90. The molecule has 0 spiro atoms. The molecule has 0 unspecified atom stereocenters. The van der Waals surface area contributed by atoms with E-state index in [2.05, 4.69) is 0 Å². The Morgan fingerprint density at radius 3 is 2.52 bits per heavy atom. The summed E-state index contributed by atoms with van der Waals surface area (Å²) in [4.78, 5) is 10.2. The summed E-state index contributed by atoms with van der Waals surface area (Å²) in [6.07, 6.45) is 0. The Hall–Kier alpha value is -2.45. The van der Waals surface area contributed by atoms with E-state index in [1.807, 2.05) is 0 Å². The van der Waals surface area contributed by atoms with E-state index < -0.39 is 20.6 Å². The highest BCUT2D eigenvalue weighted by Crippen LogP contribution is 2.34. The number of aromatic hydroxyl groups is 1. The number of benzene rings is 2. The van der Waals surface area contributed by atoms with Crippen LogP contribution in [0.5, 0.6) is 5.75 Å². The standard InChI is InChI=1S/C15H14N2O5S/c1-10-2-5-15(14(6-10)17(19)20)23(21,22)16-8-11-3-4-13(18)7-12(11)9-16/h2-7,18H,8-9H2,1H3. The van der Waals surface area contributed by atoms with Gasteiger partial charge in [-0.2, -0.15) is 4.31 Å². The number of phenols is 1. The zero-order chi connectivity index (χ0) is 16.8. The van der Waals surface area contributed by atoms with E-state index in [1.165, 1.54) is 34.6 Å². The van der Waals surface area contributed by atoms with Crippen LogP contribution < -0.4 is 0 Å². The Bertz CT molecular complexity index is 908. The monoisotopic (exact) mass is 334 g/mol. The zero-order valence-electron chi connectivity index (χ0n) is 12.3. The lowest BCUT2D eigenvalue weighted by atomic mass is 10.1. The van der Waals surface area contributed by atoms with Gasteiger partial charge in [0.05, 0.1) is 4.92 Å². The smallest absolute Gasteiger partial charge is 0.289 e. The lowest BCUT2D eigenvalue weighted by molar-refractivity contribution is -0.387. The van der Waals surface area contributed by atoms with E-state index in [0.29, 0.717) is 11.1 Å². The highest BCUT2D eigenvalue weighted by Gasteiger charge is 2.35. The molecule has 0 atom stereocenters. The van der Waals surface area contributed by atoms with Gasteiger partial charge in [-0.25, -0.2) is 8.42 Å². The number of hydrogen-bond donors (Lipinski definition) is 1. The first-order valence-corrected chi connectivity index (χ1v) is 8.29. The quantitative estimate of drug-likeness (QED) is 0.685. The molecule has 0 aliphatic carbocycles. The van der Waals surface area contributed by atoms with E-state index in [0.717, 1.165) is 5.56 Å². The third-order valence-electron chi connectivity index (χ3n) is 3.81. The second kappa shape index (κ2) is 5.32. The van der Waals surface area contributed by atoms with Crippen LogP contribution in [0.3, 0.4) is 0 Å². The molecule has 0 aromatic heterocycles. The highest BCUT2D eigenvalue weighted by atomic mass is 32.2. The molecule has 23 heavy (non-hydrogen) atoms. The van der Waals surface area contributed by atoms with Gasteiger partial charge in [-0.15, -0.1) is 0 Å². The lowest BCUT2D eigenvalue weighted by Crippen LogP contribution is -2.26. The van der Waals surface area contributed by atoms with Crippen molar-refractivity contribution in [2.24, 2.45) is 0 Å². The minimum Gasteiger partial charge on any atom is -0.508 e. The molecule has 7 nitrogen and oxygen atoms in total. The fraction of sp³-hybridized carbons (Fsp3) is 0.200. The Kier molecular flexibility index (Phi) is 3.57. The molecule has 0 saturated carbocycles. The Morgan fingerprint density at radius 1 is 1.13 bits per heavy atom. The summed E-state index contributed by atoms with van der Waals surface area (Å²) < 4.78 is 26.7. The van der Waals surface area contributed by atoms with Crippen molar-refractivity contribution in [2.75, 3.05) is 0 Å². The summed E-state index contributed by atoms with van der Waals surface area (Å²) in [6.45, 7) is 1.87. The van der Waals surface area contributed by atoms with Gasteiger partial charge in [0, 0.05) is 19.2 Å².